The van der Waals surface area contributed by atoms with E-state index in [-0.39, 0.29) is 23.4 Å². The molecule has 3 heterocycles. The molecule has 10 heteroatoms. The standard InChI is InChI=1S/C12H23N.C9H18FNO.C9H6N2O4/c1-10-12(8-9-13(10)2)11-6-4-3-5-7-11;1-2-8(7-12)4-3-5-9(11)6-10;12-4-11-6-1-5-2-7(9(13)14)15-8(5)10-3-6/h10-12H,3-9H2,1-2H3;7-9H,2-6,11H2,1H3;1-4H,(H,11,12)(H,13,14). The monoisotopic (exact) mass is 562 g/mol. The average Bonchev–Trinajstić information content (AvgIpc) is 3.55. The molecule has 40 heavy (non-hydrogen) atoms. The SMILES string of the molecule is CC1C(C2CCCCC2)CCN1C.CCC(C=O)CCCC(N)CF.O=CNc1cnc2oc(C(=O)O)cc2c1. The van der Waals surface area contributed by atoms with Crippen molar-refractivity contribution in [2.75, 3.05) is 25.6 Å². The van der Waals surface area contributed by atoms with Crippen LogP contribution in [0.3, 0.4) is 0 Å². The molecule has 1 saturated carbocycles. The summed E-state index contributed by atoms with van der Waals surface area (Å²) < 4.78 is 16.8. The van der Waals surface area contributed by atoms with E-state index >= 15 is 0 Å². The molecule has 4 unspecified atom stereocenters. The number of pyridine rings is 1. The van der Waals surface area contributed by atoms with Crippen molar-refractivity contribution in [1.29, 1.82) is 0 Å². The Kier molecular flexibility index (Phi) is 14.8. The number of aldehydes is 1. The number of furan rings is 1. The minimum absolute atomic E-state index is 0.136. The molecular weight excluding hydrogens is 515 g/mol. The quantitative estimate of drug-likeness (QED) is 0.297. The number of aromatic nitrogens is 1. The number of halogens is 1. The van der Waals surface area contributed by atoms with E-state index in [1.807, 2.05) is 6.92 Å². The Hall–Kier alpha value is -2.85. The van der Waals surface area contributed by atoms with Crippen LogP contribution in [0.4, 0.5) is 10.1 Å². The molecule has 2 fully saturated rings. The van der Waals surface area contributed by atoms with Crippen molar-refractivity contribution in [3.05, 3.63) is 24.1 Å². The van der Waals surface area contributed by atoms with Crippen molar-refractivity contribution in [3.8, 4) is 0 Å². The minimum Gasteiger partial charge on any atom is -0.475 e. The number of alkyl halides is 1. The van der Waals surface area contributed by atoms with Crippen LogP contribution in [0.2, 0.25) is 0 Å². The zero-order chi connectivity index (χ0) is 29.5. The summed E-state index contributed by atoms with van der Waals surface area (Å²) in [6.07, 6.45) is 15.1. The predicted molar refractivity (Wildman–Crippen MR) is 155 cm³/mol. The smallest absolute Gasteiger partial charge is 0.371 e. The third-order valence-electron chi connectivity index (χ3n) is 8.26. The first-order valence-corrected chi connectivity index (χ1v) is 14.5. The molecule has 2 aromatic rings. The van der Waals surface area contributed by atoms with Gasteiger partial charge in [-0.05, 0) is 64.1 Å². The van der Waals surface area contributed by atoms with Gasteiger partial charge in [0.25, 0.3) is 0 Å². The van der Waals surface area contributed by atoms with Crippen molar-refractivity contribution in [2.45, 2.75) is 90.1 Å². The third-order valence-corrected chi connectivity index (χ3v) is 8.26. The Morgan fingerprint density at radius 2 is 1.98 bits per heavy atom. The fourth-order valence-corrected chi connectivity index (χ4v) is 5.59. The molecule has 1 amide bonds. The Balaban J connectivity index is 0.000000212. The Labute approximate surface area is 237 Å². The maximum absolute atomic E-state index is 11.9. The summed E-state index contributed by atoms with van der Waals surface area (Å²) in [5.74, 6) is 0.884. The molecule has 0 aromatic carbocycles. The third kappa shape index (κ3) is 10.6. The lowest BCUT2D eigenvalue weighted by atomic mass is 9.77. The summed E-state index contributed by atoms with van der Waals surface area (Å²) in [6.45, 7) is 5.28. The van der Waals surface area contributed by atoms with Gasteiger partial charge in [0, 0.05) is 29.5 Å². The molecule has 0 spiro atoms. The highest BCUT2D eigenvalue weighted by Gasteiger charge is 2.34. The summed E-state index contributed by atoms with van der Waals surface area (Å²) >= 11 is 0. The molecule has 224 valence electrons. The lowest BCUT2D eigenvalue weighted by Crippen LogP contribution is -2.30. The summed E-state index contributed by atoms with van der Waals surface area (Å²) in [6, 6.07) is 3.44. The molecule has 4 N–H and O–H groups in total. The first-order valence-electron chi connectivity index (χ1n) is 14.5. The first-order chi connectivity index (χ1) is 19.2. The zero-order valence-corrected chi connectivity index (χ0v) is 24.2. The fourth-order valence-electron chi connectivity index (χ4n) is 5.59. The van der Waals surface area contributed by atoms with Crippen molar-refractivity contribution in [1.82, 2.24) is 9.88 Å². The molecular formula is C30H47FN4O5. The summed E-state index contributed by atoms with van der Waals surface area (Å²) in [4.78, 5) is 37.5. The zero-order valence-electron chi connectivity index (χ0n) is 24.2. The van der Waals surface area contributed by atoms with E-state index < -0.39 is 12.6 Å². The van der Waals surface area contributed by atoms with E-state index in [9.17, 15) is 18.8 Å². The number of carbonyl (C=O) groups excluding carboxylic acids is 2. The molecule has 4 rings (SSSR count). The number of likely N-dealkylation sites (tertiary alicyclic amines) is 1. The van der Waals surface area contributed by atoms with Gasteiger partial charge in [-0.2, -0.15) is 0 Å². The Morgan fingerprint density at radius 1 is 1.25 bits per heavy atom. The number of hydrogen-bond acceptors (Lipinski definition) is 7. The number of nitrogens with zero attached hydrogens (tertiary/aromatic N) is 2. The molecule has 2 aliphatic rings. The van der Waals surface area contributed by atoms with Gasteiger partial charge in [0.2, 0.25) is 17.9 Å². The second kappa shape index (κ2) is 17.8. The van der Waals surface area contributed by atoms with Crippen LogP contribution in [0.1, 0.15) is 88.6 Å². The van der Waals surface area contributed by atoms with Crippen LogP contribution in [-0.2, 0) is 9.59 Å². The summed E-state index contributed by atoms with van der Waals surface area (Å²) in [5.41, 5.74) is 6.09. The summed E-state index contributed by atoms with van der Waals surface area (Å²) in [5, 5.41) is 11.6. The number of carboxylic acid groups (broad SMARTS) is 1. The van der Waals surface area contributed by atoms with Crippen molar-refractivity contribution < 1.29 is 28.3 Å². The van der Waals surface area contributed by atoms with Crippen LogP contribution >= 0.6 is 0 Å². The second-order valence-electron chi connectivity index (χ2n) is 11.0. The maximum Gasteiger partial charge on any atom is 0.371 e. The maximum atomic E-state index is 11.9. The van der Waals surface area contributed by atoms with Gasteiger partial charge in [-0.25, -0.2) is 14.2 Å². The van der Waals surface area contributed by atoms with Gasteiger partial charge >= 0.3 is 5.97 Å². The highest BCUT2D eigenvalue weighted by molar-refractivity contribution is 5.91. The number of fused-ring (bicyclic) bond motifs is 1. The van der Waals surface area contributed by atoms with Crippen LogP contribution in [0.15, 0.2) is 22.7 Å². The molecule has 1 aliphatic carbocycles. The number of nitrogens with one attached hydrogen (secondary N) is 1. The largest absolute Gasteiger partial charge is 0.475 e. The van der Waals surface area contributed by atoms with Gasteiger partial charge in [0.15, 0.2) is 0 Å². The van der Waals surface area contributed by atoms with Crippen LogP contribution in [-0.4, -0.2) is 66.0 Å². The highest BCUT2D eigenvalue weighted by Crippen LogP contribution is 2.37. The van der Waals surface area contributed by atoms with E-state index in [2.05, 4.69) is 29.2 Å². The minimum atomic E-state index is -1.15. The lowest BCUT2D eigenvalue weighted by Gasteiger charge is -2.31. The van der Waals surface area contributed by atoms with E-state index in [4.69, 9.17) is 15.3 Å². The number of anilines is 1. The summed E-state index contributed by atoms with van der Waals surface area (Å²) in [7, 11) is 2.29. The molecule has 2 aromatic heterocycles. The lowest BCUT2D eigenvalue weighted by molar-refractivity contribution is -0.111. The van der Waals surface area contributed by atoms with Crippen molar-refractivity contribution >= 4 is 35.5 Å². The van der Waals surface area contributed by atoms with E-state index in [0.29, 0.717) is 23.9 Å². The topological polar surface area (TPSA) is 139 Å². The van der Waals surface area contributed by atoms with Crippen molar-refractivity contribution in [3.63, 3.8) is 0 Å². The van der Waals surface area contributed by atoms with Gasteiger partial charge in [-0.1, -0.05) is 45.4 Å². The molecule has 1 saturated heterocycles. The number of carboxylic acids is 1. The molecule has 9 nitrogen and oxygen atoms in total. The number of aromatic carboxylic acids is 1. The predicted octanol–water partition coefficient (Wildman–Crippen LogP) is 5.68. The van der Waals surface area contributed by atoms with E-state index in [1.165, 1.54) is 57.3 Å². The van der Waals surface area contributed by atoms with Crippen LogP contribution in [0.25, 0.3) is 11.1 Å². The van der Waals surface area contributed by atoms with Gasteiger partial charge < -0.3 is 30.3 Å². The van der Waals surface area contributed by atoms with Gasteiger partial charge in [-0.3, -0.25) is 4.79 Å². The van der Waals surface area contributed by atoms with Crippen LogP contribution in [0.5, 0.6) is 0 Å². The second-order valence-corrected chi connectivity index (χ2v) is 11.0. The Bertz CT molecular complexity index is 1040. The van der Waals surface area contributed by atoms with Gasteiger partial charge in [0.1, 0.15) is 13.0 Å². The van der Waals surface area contributed by atoms with Gasteiger partial charge in [-0.15, -0.1) is 0 Å². The number of nitrogens with two attached hydrogens (primary N) is 1. The van der Waals surface area contributed by atoms with Gasteiger partial charge in [0.05, 0.1) is 11.9 Å². The van der Waals surface area contributed by atoms with Crippen LogP contribution < -0.4 is 11.1 Å². The molecule has 1 aliphatic heterocycles. The number of carbonyl (C=O) groups is 3. The Morgan fingerprint density at radius 3 is 2.52 bits per heavy atom. The molecule has 0 radical (unpaired) electrons. The number of rotatable bonds is 11. The molecule has 4 atom stereocenters. The van der Waals surface area contributed by atoms with Crippen molar-refractivity contribution in [2.24, 2.45) is 23.5 Å². The average molecular weight is 563 g/mol. The number of hydrogen-bond donors (Lipinski definition) is 3. The van der Waals surface area contributed by atoms with E-state index in [0.717, 1.165) is 43.4 Å². The molecule has 0 bridgehead atoms. The number of amides is 1. The highest BCUT2D eigenvalue weighted by atomic mass is 19.1. The van der Waals surface area contributed by atoms with E-state index in [1.54, 1.807) is 6.07 Å². The normalized spacial score (nSPS) is 20.9. The first kappa shape index (κ1) is 33.4. The van der Waals surface area contributed by atoms with Crippen LogP contribution in [0, 0.1) is 17.8 Å². The fraction of sp³-hybridized carbons (Fsp3) is 0.667.